The number of nitrogens with zero attached hydrogens (tertiary/aromatic N) is 2. The average Bonchev–Trinajstić information content (AvgIpc) is 2.78. The van der Waals surface area contributed by atoms with Crippen molar-refractivity contribution >= 4 is 11.5 Å². The first-order chi connectivity index (χ1) is 8.56. The highest BCUT2D eigenvalue weighted by Crippen LogP contribution is 2.32. The number of anilines is 1. The van der Waals surface area contributed by atoms with E-state index in [9.17, 15) is 10.1 Å². The second kappa shape index (κ2) is 4.89. The van der Waals surface area contributed by atoms with Gasteiger partial charge in [0.15, 0.2) is 0 Å². The minimum atomic E-state index is -0.416. The fourth-order valence-electron chi connectivity index (χ4n) is 2.52. The molecule has 3 N–H and O–H groups in total. The zero-order valence-electron chi connectivity index (χ0n) is 10.5. The molecule has 1 heterocycles. The SMILES string of the molecule is Cc1nc(NC2(CN)CCCC2)ccc1[N+](=O)[O-]. The number of rotatable bonds is 4. The van der Waals surface area contributed by atoms with Crippen LogP contribution in [0, 0.1) is 17.0 Å². The van der Waals surface area contributed by atoms with Gasteiger partial charge < -0.3 is 11.1 Å². The van der Waals surface area contributed by atoms with E-state index < -0.39 is 4.92 Å². The van der Waals surface area contributed by atoms with Crippen molar-refractivity contribution in [1.29, 1.82) is 0 Å². The number of pyridine rings is 1. The van der Waals surface area contributed by atoms with E-state index in [0.717, 1.165) is 25.7 Å². The summed E-state index contributed by atoms with van der Waals surface area (Å²) in [5.41, 5.74) is 6.22. The van der Waals surface area contributed by atoms with Gasteiger partial charge in [-0.1, -0.05) is 12.8 Å². The molecule has 0 aromatic carbocycles. The topological polar surface area (TPSA) is 94.1 Å². The van der Waals surface area contributed by atoms with Crippen LogP contribution in [0.3, 0.4) is 0 Å². The van der Waals surface area contributed by atoms with Gasteiger partial charge in [-0.2, -0.15) is 0 Å². The van der Waals surface area contributed by atoms with Crippen LogP contribution in [0.2, 0.25) is 0 Å². The Bertz CT molecular complexity index is 455. The van der Waals surface area contributed by atoms with E-state index >= 15 is 0 Å². The Balaban J connectivity index is 2.19. The maximum atomic E-state index is 10.7. The van der Waals surface area contributed by atoms with Crippen molar-refractivity contribution in [2.45, 2.75) is 38.1 Å². The Kier molecular flexibility index (Phi) is 3.47. The number of nitrogens with one attached hydrogen (secondary N) is 1. The minimum absolute atomic E-state index is 0.0498. The fraction of sp³-hybridized carbons (Fsp3) is 0.583. The molecular weight excluding hydrogens is 232 g/mol. The number of aromatic nitrogens is 1. The van der Waals surface area contributed by atoms with Gasteiger partial charge in [-0.3, -0.25) is 10.1 Å². The zero-order chi connectivity index (χ0) is 13.2. The molecule has 1 aliphatic rings. The lowest BCUT2D eigenvalue weighted by Gasteiger charge is -2.29. The van der Waals surface area contributed by atoms with Crippen LogP contribution in [0.25, 0.3) is 0 Å². The van der Waals surface area contributed by atoms with Crippen LogP contribution in [-0.2, 0) is 0 Å². The molecule has 98 valence electrons. The molecule has 18 heavy (non-hydrogen) atoms. The van der Waals surface area contributed by atoms with Crippen molar-refractivity contribution < 1.29 is 4.92 Å². The molecule has 0 saturated heterocycles. The van der Waals surface area contributed by atoms with Crippen LogP contribution in [0.15, 0.2) is 12.1 Å². The summed E-state index contributed by atoms with van der Waals surface area (Å²) in [6, 6.07) is 3.14. The summed E-state index contributed by atoms with van der Waals surface area (Å²) in [4.78, 5) is 14.5. The van der Waals surface area contributed by atoms with E-state index in [0.29, 0.717) is 18.1 Å². The van der Waals surface area contributed by atoms with E-state index in [2.05, 4.69) is 10.3 Å². The Morgan fingerprint density at radius 2 is 2.17 bits per heavy atom. The molecule has 1 aromatic rings. The van der Waals surface area contributed by atoms with Crippen LogP contribution >= 0.6 is 0 Å². The Hall–Kier alpha value is -1.69. The van der Waals surface area contributed by atoms with Gasteiger partial charge in [0.1, 0.15) is 11.5 Å². The van der Waals surface area contributed by atoms with Gasteiger partial charge in [0.2, 0.25) is 0 Å². The molecular formula is C12H18N4O2. The van der Waals surface area contributed by atoms with Crippen LogP contribution in [0.4, 0.5) is 11.5 Å². The first-order valence-corrected chi connectivity index (χ1v) is 6.17. The average molecular weight is 250 g/mol. The van der Waals surface area contributed by atoms with Gasteiger partial charge in [-0.25, -0.2) is 4.98 Å². The zero-order valence-corrected chi connectivity index (χ0v) is 10.5. The predicted octanol–water partition coefficient (Wildman–Crippen LogP) is 1.98. The highest BCUT2D eigenvalue weighted by molar-refractivity contribution is 5.46. The molecule has 0 bridgehead atoms. The van der Waals surface area contributed by atoms with Crippen molar-refractivity contribution in [3.05, 3.63) is 27.9 Å². The second-order valence-corrected chi connectivity index (χ2v) is 4.87. The van der Waals surface area contributed by atoms with E-state index in [-0.39, 0.29) is 11.2 Å². The monoisotopic (exact) mass is 250 g/mol. The van der Waals surface area contributed by atoms with Crippen molar-refractivity contribution in [3.8, 4) is 0 Å². The molecule has 1 aromatic heterocycles. The molecule has 0 atom stereocenters. The van der Waals surface area contributed by atoms with Crippen molar-refractivity contribution in [3.63, 3.8) is 0 Å². The summed E-state index contributed by atoms with van der Waals surface area (Å²) in [7, 11) is 0. The summed E-state index contributed by atoms with van der Waals surface area (Å²) in [6.07, 6.45) is 4.38. The van der Waals surface area contributed by atoms with Gasteiger partial charge in [0.05, 0.1) is 10.5 Å². The van der Waals surface area contributed by atoms with E-state index in [1.54, 1.807) is 13.0 Å². The van der Waals surface area contributed by atoms with E-state index in [1.807, 2.05) is 0 Å². The number of aryl methyl sites for hydroxylation is 1. The Morgan fingerprint density at radius 1 is 1.50 bits per heavy atom. The summed E-state index contributed by atoms with van der Waals surface area (Å²) in [5.74, 6) is 0.672. The van der Waals surface area contributed by atoms with Crippen molar-refractivity contribution in [2.24, 2.45) is 5.73 Å². The summed E-state index contributed by atoms with van der Waals surface area (Å²) < 4.78 is 0. The third-order valence-electron chi connectivity index (χ3n) is 3.60. The summed E-state index contributed by atoms with van der Waals surface area (Å²) in [6.45, 7) is 2.21. The predicted molar refractivity (Wildman–Crippen MR) is 69.5 cm³/mol. The van der Waals surface area contributed by atoms with Crippen LogP contribution in [-0.4, -0.2) is 22.0 Å². The molecule has 1 aliphatic carbocycles. The van der Waals surface area contributed by atoms with Crippen LogP contribution in [0.1, 0.15) is 31.4 Å². The number of nitro groups is 1. The highest BCUT2D eigenvalue weighted by Gasteiger charge is 2.32. The number of nitrogens with two attached hydrogens (primary N) is 1. The summed E-state index contributed by atoms with van der Waals surface area (Å²) in [5, 5.41) is 14.1. The maximum absolute atomic E-state index is 10.7. The first kappa shape index (κ1) is 12.8. The number of hydrogen-bond donors (Lipinski definition) is 2. The van der Waals surface area contributed by atoms with Gasteiger partial charge in [0, 0.05) is 12.6 Å². The maximum Gasteiger partial charge on any atom is 0.290 e. The molecule has 6 heteroatoms. The van der Waals surface area contributed by atoms with Crippen molar-refractivity contribution in [1.82, 2.24) is 4.98 Å². The number of hydrogen-bond acceptors (Lipinski definition) is 5. The van der Waals surface area contributed by atoms with E-state index in [1.165, 1.54) is 6.07 Å². The quantitative estimate of drug-likeness (QED) is 0.629. The van der Waals surface area contributed by atoms with Gasteiger partial charge in [-0.15, -0.1) is 0 Å². The molecule has 2 rings (SSSR count). The first-order valence-electron chi connectivity index (χ1n) is 6.17. The molecule has 0 aliphatic heterocycles. The van der Waals surface area contributed by atoms with Gasteiger partial charge in [0.25, 0.3) is 5.69 Å². The molecule has 0 amide bonds. The van der Waals surface area contributed by atoms with Gasteiger partial charge in [-0.05, 0) is 25.8 Å². The Labute approximate surface area is 106 Å². The Morgan fingerprint density at radius 3 is 2.67 bits per heavy atom. The minimum Gasteiger partial charge on any atom is -0.363 e. The third-order valence-corrected chi connectivity index (χ3v) is 3.60. The smallest absolute Gasteiger partial charge is 0.290 e. The standard InChI is InChI=1S/C12H18N4O2/c1-9-10(16(17)18)4-5-11(14-9)15-12(8-13)6-2-3-7-12/h4-5H,2-3,6-8,13H2,1H3,(H,14,15). The highest BCUT2D eigenvalue weighted by atomic mass is 16.6. The van der Waals surface area contributed by atoms with Crippen LogP contribution in [0.5, 0.6) is 0 Å². The summed E-state index contributed by atoms with van der Waals surface area (Å²) >= 11 is 0. The normalized spacial score (nSPS) is 17.7. The fourth-order valence-corrected chi connectivity index (χ4v) is 2.52. The van der Waals surface area contributed by atoms with E-state index in [4.69, 9.17) is 5.73 Å². The lowest BCUT2D eigenvalue weighted by molar-refractivity contribution is -0.385. The van der Waals surface area contributed by atoms with Gasteiger partial charge >= 0.3 is 0 Å². The molecule has 0 spiro atoms. The molecule has 0 unspecified atom stereocenters. The van der Waals surface area contributed by atoms with Crippen LogP contribution < -0.4 is 11.1 Å². The molecule has 6 nitrogen and oxygen atoms in total. The molecule has 1 saturated carbocycles. The van der Waals surface area contributed by atoms with Crippen molar-refractivity contribution in [2.75, 3.05) is 11.9 Å². The molecule has 1 fully saturated rings. The second-order valence-electron chi connectivity index (χ2n) is 4.87. The lowest BCUT2D eigenvalue weighted by atomic mass is 9.98. The largest absolute Gasteiger partial charge is 0.363 e. The molecule has 0 radical (unpaired) electrons. The third kappa shape index (κ3) is 2.43. The lowest BCUT2D eigenvalue weighted by Crippen LogP contribution is -2.43.